The van der Waals surface area contributed by atoms with Crippen LogP contribution < -0.4 is 5.32 Å². The maximum absolute atomic E-state index is 10.7. The van der Waals surface area contributed by atoms with E-state index in [2.05, 4.69) is 17.9 Å². The monoisotopic (exact) mass is 193 g/mol. The van der Waals surface area contributed by atoms with Crippen LogP contribution >= 0.6 is 12.6 Å². The summed E-state index contributed by atoms with van der Waals surface area (Å²) in [5.41, 5.74) is 1.16. The van der Waals surface area contributed by atoms with E-state index in [1.165, 1.54) is 0 Å². The van der Waals surface area contributed by atoms with Crippen molar-refractivity contribution in [2.24, 2.45) is 0 Å². The van der Waals surface area contributed by atoms with Crippen molar-refractivity contribution >= 4 is 18.5 Å². The minimum absolute atomic E-state index is 0.124. The maximum atomic E-state index is 10.7. The molecular weight excluding hydrogens is 182 g/mol. The van der Waals surface area contributed by atoms with E-state index in [0.717, 1.165) is 5.56 Å². The summed E-state index contributed by atoms with van der Waals surface area (Å²) in [5, 5.41) is 2.95. The van der Waals surface area contributed by atoms with Crippen LogP contribution in [0.5, 0.6) is 0 Å². The Morgan fingerprint density at radius 2 is 2.00 bits per heavy atom. The lowest BCUT2D eigenvalue weighted by atomic mass is 9.97. The summed E-state index contributed by atoms with van der Waals surface area (Å²) >= 11 is 4.47. The van der Waals surface area contributed by atoms with Crippen LogP contribution in [0.25, 0.3) is 0 Å². The normalized spacial score (nSPS) is 23.2. The van der Waals surface area contributed by atoms with Gasteiger partial charge in [-0.2, -0.15) is 12.6 Å². The minimum Gasteiger partial charge on any atom is -0.351 e. The van der Waals surface area contributed by atoms with Crippen molar-refractivity contribution in [3.05, 3.63) is 35.9 Å². The van der Waals surface area contributed by atoms with Crippen molar-refractivity contribution in [2.75, 3.05) is 0 Å². The highest BCUT2D eigenvalue weighted by atomic mass is 32.1. The van der Waals surface area contributed by atoms with E-state index in [4.69, 9.17) is 0 Å². The number of carbonyl (C=O) groups is 1. The van der Waals surface area contributed by atoms with Crippen molar-refractivity contribution in [3.63, 3.8) is 0 Å². The molecule has 1 saturated heterocycles. The third-order valence-corrected chi connectivity index (χ3v) is 2.93. The van der Waals surface area contributed by atoms with E-state index in [-0.39, 0.29) is 17.2 Å². The van der Waals surface area contributed by atoms with Gasteiger partial charge in [0.1, 0.15) is 0 Å². The average Bonchev–Trinajstić information content (AvgIpc) is 2.13. The average molecular weight is 193 g/mol. The molecule has 0 aliphatic carbocycles. The lowest BCUT2D eigenvalue weighted by Gasteiger charge is -2.31. The molecule has 1 aliphatic rings. The van der Waals surface area contributed by atoms with Crippen molar-refractivity contribution < 1.29 is 4.79 Å². The summed E-state index contributed by atoms with van der Waals surface area (Å²) < 4.78 is 0. The van der Waals surface area contributed by atoms with Gasteiger partial charge in [0.2, 0.25) is 5.91 Å². The predicted molar refractivity (Wildman–Crippen MR) is 54.7 cm³/mol. The molecule has 0 radical (unpaired) electrons. The van der Waals surface area contributed by atoms with Gasteiger partial charge in [-0.1, -0.05) is 30.3 Å². The second kappa shape index (κ2) is 3.42. The molecule has 2 atom stereocenters. The largest absolute Gasteiger partial charge is 0.351 e. The van der Waals surface area contributed by atoms with Crippen LogP contribution in [0.2, 0.25) is 0 Å². The number of amides is 1. The first kappa shape index (κ1) is 8.63. The topological polar surface area (TPSA) is 29.1 Å². The Kier molecular flexibility index (Phi) is 2.27. The van der Waals surface area contributed by atoms with E-state index >= 15 is 0 Å². The Bertz CT molecular complexity index is 304. The Balaban J connectivity index is 2.06. The SMILES string of the molecule is O=C1CC(C(S)c2ccccc2)N1. The summed E-state index contributed by atoms with van der Waals surface area (Å²) in [7, 11) is 0. The molecule has 3 heteroatoms. The van der Waals surface area contributed by atoms with Gasteiger partial charge in [-0.15, -0.1) is 0 Å². The maximum Gasteiger partial charge on any atom is 0.222 e. The van der Waals surface area contributed by atoms with E-state index in [1.807, 2.05) is 30.3 Å². The second-order valence-corrected chi connectivity index (χ2v) is 3.79. The number of thiol groups is 1. The van der Waals surface area contributed by atoms with Crippen molar-refractivity contribution in [3.8, 4) is 0 Å². The molecule has 13 heavy (non-hydrogen) atoms. The molecule has 68 valence electrons. The third kappa shape index (κ3) is 1.70. The summed E-state index contributed by atoms with van der Waals surface area (Å²) in [6, 6.07) is 10.2. The number of rotatable bonds is 2. The van der Waals surface area contributed by atoms with Crippen LogP contribution in [0, 0.1) is 0 Å². The number of β-lactam (4-membered cyclic amide) rings is 1. The molecule has 1 fully saturated rings. The number of nitrogens with one attached hydrogen (secondary N) is 1. The van der Waals surface area contributed by atoms with Crippen LogP contribution in [0.3, 0.4) is 0 Å². The van der Waals surface area contributed by atoms with Gasteiger partial charge >= 0.3 is 0 Å². The highest BCUT2D eigenvalue weighted by Crippen LogP contribution is 2.28. The number of hydrogen-bond donors (Lipinski definition) is 2. The molecule has 0 spiro atoms. The molecule has 1 amide bonds. The van der Waals surface area contributed by atoms with Gasteiger partial charge in [0.05, 0.1) is 6.04 Å². The van der Waals surface area contributed by atoms with Gasteiger partial charge in [0.25, 0.3) is 0 Å². The third-order valence-electron chi connectivity index (χ3n) is 2.27. The molecule has 1 aromatic carbocycles. The Morgan fingerprint density at radius 3 is 2.54 bits per heavy atom. The number of hydrogen-bond acceptors (Lipinski definition) is 2. The molecule has 1 aliphatic heterocycles. The van der Waals surface area contributed by atoms with E-state index < -0.39 is 0 Å². The minimum atomic E-state index is 0.124. The second-order valence-electron chi connectivity index (χ2n) is 3.23. The van der Waals surface area contributed by atoms with E-state index in [0.29, 0.717) is 6.42 Å². The zero-order chi connectivity index (χ0) is 9.26. The molecule has 2 unspecified atom stereocenters. The van der Waals surface area contributed by atoms with Crippen molar-refractivity contribution in [2.45, 2.75) is 17.7 Å². The summed E-state index contributed by atoms with van der Waals surface area (Å²) in [6.07, 6.45) is 0.600. The molecule has 2 rings (SSSR count). The zero-order valence-electron chi connectivity index (χ0n) is 7.10. The van der Waals surface area contributed by atoms with Crippen molar-refractivity contribution in [1.29, 1.82) is 0 Å². The van der Waals surface area contributed by atoms with Crippen LogP contribution in [-0.2, 0) is 4.79 Å². The van der Waals surface area contributed by atoms with Gasteiger partial charge in [-0.05, 0) is 5.56 Å². The lowest BCUT2D eigenvalue weighted by molar-refractivity contribution is -0.128. The van der Waals surface area contributed by atoms with Crippen LogP contribution in [0.1, 0.15) is 17.2 Å². The summed E-state index contributed by atoms with van der Waals surface area (Å²) in [6.45, 7) is 0. The zero-order valence-corrected chi connectivity index (χ0v) is 8.00. The first-order chi connectivity index (χ1) is 6.27. The molecular formula is C10H11NOS. The molecule has 2 nitrogen and oxygen atoms in total. The van der Waals surface area contributed by atoms with Crippen molar-refractivity contribution in [1.82, 2.24) is 5.32 Å². The van der Waals surface area contributed by atoms with E-state index in [1.54, 1.807) is 0 Å². The highest BCUT2D eigenvalue weighted by Gasteiger charge is 2.31. The molecule has 0 bridgehead atoms. The lowest BCUT2D eigenvalue weighted by Crippen LogP contribution is -2.50. The van der Waals surface area contributed by atoms with Gasteiger partial charge < -0.3 is 5.32 Å². The van der Waals surface area contributed by atoms with Crippen LogP contribution in [-0.4, -0.2) is 11.9 Å². The fourth-order valence-corrected chi connectivity index (χ4v) is 1.81. The molecule has 0 saturated carbocycles. The highest BCUT2D eigenvalue weighted by molar-refractivity contribution is 7.80. The quantitative estimate of drug-likeness (QED) is 0.541. The Hall–Kier alpha value is -0.960. The smallest absolute Gasteiger partial charge is 0.222 e. The van der Waals surface area contributed by atoms with Gasteiger partial charge in [-0.25, -0.2) is 0 Å². The number of carbonyl (C=O) groups excluding carboxylic acids is 1. The summed E-state index contributed by atoms with van der Waals surface area (Å²) in [5.74, 6) is 0.125. The fourth-order valence-electron chi connectivity index (χ4n) is 1.46. The van der Waals surface area contributed by atoms with E-state index in [9.17, 15) is 4.79 Å². The fraction of sp³-hybridized carbons (Fsp3) is 0.300. The molecule has 0 aromatic heterocycles. The summed E-state index contributed by atoms with van der Waals surface area (Å²) in [4.78, 5) is 10.7. The van der Waals surface area contributed by atoms with Gasteiger partial charge in [-0.3, -0.25) is 4.79 Å². The van der Waals surface area contributed by atoms with Gasteiger partial charge in [0, 0.05) is 11.7 Å². The Morgan fingerprint density at radius 1 is 1.38 bits per heavy atom. The number of benzene rings is 1. The molecule has 1 heterocycles. The Labute approximate surface area is 82.8 Å². The van der Waals surface area contributed by atoms with Crippen LogP contribution in [0.15, 0.2) is 30.3 Å². The predicted octanol–water partition coefficient (Wildman–Crippen LogP) is 1.55. The molecule has 1 aromatic rings. The van der Waals surface area contributed by atoms with Crippen LogP contribution in [0.4, 0.5) is 0 Å². The first-order valence-corrected chi connectivity index (χ1v) is 4.81. The standard InChI is InChI=1S/C10H11NOS/c12-9-6-8(11-9)10(13)7-4-2-1-3-5-7/h1-5,8,10,13H,6H2,(H,11,12). The first-order valence-electron chi connectivity index (χ1n) is 4.30. The van der Waals surface area contributed by atoms with Gasteiger partial charge in [0.15, 0.2) is 0 Å². The molecule has 1 N–H and O–H groups in total.